The van der Waals surface area contributed by atoms with Crippen LogP contribution < -0.4 is 10.6 Å². The highest BCUT2D eigenvalue weighted by Crippen LogP contribution is 2.29. The number of nitrogens with zero attached hydrogens (tertiary/aromatic N) is 3. The maximum Gasteiger partial charge on any atom is 0.258 e. The topological polar surface area (TPSA) is 68.2 Å². The van der Waals surface area contributed by atoms with E-state index < -0.39 is 0 Å². The monoisotopic (exact) mass is 374 g/mol. The van der Waals surface area contributed by atoms with Crippen molar-refractivity contribution >= 4 is 18.1 Å². The molecule has 7 heteroatoms. The minimum atomic E-state index is -0.258. The number of halogens is 2. The molecule has 3 aromatic rings. The van der Waals surface area contributed by atoms with Crippen molar-refractivity contribution in [3.05, 3.63) is 53.8 Å². The molecule has 2 heterocycles. The molecule has 4 rings (SSSR count). The first-order chi connectivity index (χ1) is 12.2. The first-order valence-electron chi connectivity index (χ1n) is 8.42. The van der Waals surface area contributed by atoms with Gasteiger partial charge in [-0.15, -0.1) is 12.4 Å². The first kappa shape index (κ1) is 18.4. The van der Waals surface area contributed by atoms with Crippen LogP contribution in [0.25, 0.3) is 22.8 Å². The summed E-state index contributed by atoms with van der Waals surface area (Å²) in [6.07, 6.45) is 2.22. The highest BCUT2D eigenvalue weighted by molar-refractivity contribution is 5.85. The van der Waals surface area contributed by atoms with Gasteiger partial charge in [0.15, 0.2) is 0 Å². The van der Waals surface area contributed by atoms with Crippen LogP contribution >= 0.6 is 12.4 Å². The average molecular weight is 375 g/mol. The van der Waals surface area contributed by atoms with Gasteiger partial charge in [0, 0.05) is 30.8 Å². The predicted octanol–water partition coefficient (Wildman–Crippen LogP) is 4.02. The molecule has 0 bridgehead atoms. The molecule has 2 N–H and O–H groups in total. The molecule has 1 aromatic heterocycles. The number of nitrogens with two attached hydrogens (primary N) is 1. The van der Waals surface area contributed by atoms with E-state index in [9.17, 15) is 4.39 Å². The summed E-state index contributed by atoms with van der Waals surface area (Å²) in [5, 5.41) is 4.00. The Bertz CT molecular complexity index is 876. The summed E-state index contributed by atoms with van der Waals surface area (Å²) < 4.78 is 19.8. The zero-order valence-electron chi connectivity index (χ0n) is 14.2. The van der Waals surface area contributed by atoms with Crippen LogP contribution in [0.1, 0.15) is 18.4 Å². The molecule has 2 aromatic carbocycles. The van der Waals surface area contributed by atoms with E-state index >= 15 is 0 Å². The Kier molecular flexibility index (Phi) is 5.54. The molecule has 1 aliphatic heterocycles. The fraction of sp³-hybridized carbons (Fsp3) is 0.263. The third-order valence-corrected chi connectivity index (χ3v) is 4.52. The summed E-state index contributed by atoms with van der Waals surface area (Å²) in [6, 6.07) is 12.7. The molecule has 0 saturated carbocycles. The van der Waals surface area contributed by atoms with Gasteiger partial charge in [0.2, 0.25) is 5.82 Å². The maximum atomic E-state index is 14.5. The molecular formula is C19H20ClFN4O. The smallest absolute Gasteiger partial charge is 0.258 e. The van der Waals surface area contributed by atoms with E-state index in [1.807, 2.05) is 30.3 Å². The van der Waals surface area contributed by atoms with Crippen molar-refractivity contribution in [3.63, 3.8) is 0 Å². The highest BCUT2D eigenvalue weighted by atomic mass is 35.5. The zero-order chi connectivity index (χ0) is 17.2. The van der Waals surface area contributed by atoms with Crippen LogP contribution in [0.5, 0.6) is 0 Å². The van der Waals surface area contributed by atoms with Crippen LogP contribution in [0.15, 0.2) is 47.0 Å². The molecule has 0 amide bonds. The molecule has 0 aliphatic carbocycles. The van der Waals surface area contributed by atoms with Crippen molar-refractivity contribution in [2.45, 2.75) is 19.4 Å². The normalized spacial score (nSPS) is 13.7. The van der Waals surface area contributed by atoms with E-state index in [-0.39, 0.29) is 18.2 Å². The molecular weight excluding hydrogens is 355 g/mol. The van der Waals surface area contributed by atoms with E-state index in [1.54, 1.807) is 6.07 Å². The fourth-order valence-corrected chi connectivity index (χ4v) is 3.10. The quantitative estimate of drug-likeness (QED) is 0.746. The van der Waals surface area contributed by atoms with Gasteiger partial charge in [-0.1, -0.05) is 29.4 Å². The molecule has 1 fully saturated rings. The predicted molar refractivity (Wildman–Crippen MR) is 102 cm³/mol. The number of rotatable bonds is 4. The van der Waals surface area contributed by atoms with Crippen molar-refractivity contribution in [2.24, 2.45) is 5.73 Å². The van der Waals surface area contributed by atoms with Gasteiger partial charge in [0.25, 0.3) is 5.89 Å². The van der Waals surface area contributed by atoms with Crippen LogP contribution in [0.3, 0.4) is 0 Å². The molecule has 5 nitrogen and oxygen atoms in total. The molecule has 0 unspecified atom stereocenters. The lowest BCUT2D eigenvalue weighted by atomic mass is 10.1. The number of hydrogen-bond acceptors (Lipinski definition) is 5. The van der Waals surface area contributed by atoms with Crippen LogP contribution in [-0.4, -0.2) is 23.2 Å². The Morgan fingerprint density at radius 2 is 1.73 bits per heavy atom. The van der Waals surface area contributed by atoms with Crippen LogP contribution in [-0.2, 0) is 6.54 Å². The number of anilines is 1. The lowest BCUT2D eigenvalue weighted by Crippen LogP contribution is -2.18. The second kappa shape index (κ2) is 7.85. The van der Waals surface area contributed by atoms with Crippen LogP contribution in [0.4, 0.5) is 10.1 Å². The third kappa shape index (κ3) is 3.57. The summed E-state index contributed by atoms with van der Waals surface area (Å²) in [7, 11) is 0. The molecule has 0 radical (unpaired) electrons. The van der Waals surface area contributed by atoms with E-state index in [1.165, 1.54) is 6.07 Å². The highest BCUT2D eigenvalue weighted by Gasteiger charge is 2.18. The lowest BCUT2D eigenvalue weighted by molar-refractivity contribution is 0.432. The standard InChI is InChI=1S/C19H19FN4O.ClH/c20-16-11-15(7-8-17(16)24-9-1-2-10-24)19-22-18(23-25-19)14-5-3-13(12-21)4-6-14;/h3-8,11H,1-2,9-10,12,21H2;1H. The lowest BCUT2D eigenvalue weighted by Gasteiger charge is -2.18. The van der Waals surface area contributed by atoms with Crippen LogP contribution in [0, 0.1) is 5.82 Å². The van der Waals surface area contributed by atoms with Gasteiger partial charge in [-0.2, -0.15) is 4.98 Å². The van der Waals surface area contributed by atoms with E-state index in [2.05, 4.69) is 15.0 Å². The van der Waals surface area contributed by atoms with Gasteiger partial charge in [0.05, 0.1) is 5.69 Å². The summed E-state index contributed by atoms with van der Waals surface area (Å²) in [4.78, 5) is 6.45. The second-order valence-corrected chi connectivity index (χ2v) is 6.18. The molecule has 1 saturated heterocycles. The average Bonchev–Trinajstić information content (AvgIpc) is 3.34. The summed E-state index contributed by atoms with van der Waals surface area (Å²) in [5.41, 5.74) is 8.69. The zero-order valence-corrected chi connectivity index (χ0v) is 15.0. The largest absolute Gasteiger partial charge is 0.369 e. The van der Waals surface area contributed by atoms with Crippen LogP contribution in [0.2, 0.25) is 0 Å². The molecule has 1 aliphatic rings. The summed E-state index contributed by atoms with van der Waals surface area (Å²) in [6.45, 7) is 2.29. The fourth-order valence-electron chi connectivity index (χ4n) is 3.10. The van der Waals surface area contributed by atoms with Crippen molar-refractivity contribution < 1.29 is 8.91 Å². The van der Waals surface area contributed by atoms with Gasteiger partial charge in [0.1, 0.15) is 5.82 Å². The minimum Gasteiger partial charge on any atom is -0.369 e. The SMILES string of the molecule is Cl.NCc1ccc(-c2noc(-c3ccc(N4CCCC4)c(F)c3)n2)cc1. The molecule has 26 heavy (non-hydrogen) atoms. The first-order valence-corrected chi connectivity index (χ1v) is 8.42. The van der Waals surface area contributed by atoms with Gasteiger partial charge in [-0.25, -0.2) is 4.39 Å². The molecule has 0 spiro atoms. The number of aromatic nitrogens is 2. The van der Waals surface area contributed by atoms with Crippen molar-refractivity contribution in [2.75, 3.05) is 18.0 Å². The minimum absolute atomic E-state index is 0. The third-order valence-electron chi connectivity index (χ3n) is 4.52. The Hall–Kier alpha value is -2.44. The van der Waals surface area contributed by atoms with Crippen molar-refractivity contribution in [3.8, 4) is 22.8 Å². The number of hydrogen-bond donors (Lipinski definition) is 1. The maximum absolute atomic E-state index is 14.5. The molecule has 136 valence electrons. The Morgan fingerprint density at radius 3 is 2.38 bits per heavy atom. The number of benzene rings is 2. The summed E-state index contributed by atoms with van der Waals surface area (Å²) in [5.74, 6) is 0.527. The Labute approximate surface area is 157 Å². The van der Waals surface area contributed by atoms with Gasteiger partial charge in [-0.05, 0) is 36.6 Å². The molecule has 0 atom stereocenters. The van der Waals surface area contributed by atoms with Gasteiger partial charge < -0.3 is 15.2 Å². The van der Waals surface area contributed by atoms with E-state index in [0.29, 0.717) is 29.5 Å². The Balaban J connectivity index is 0.00000196. The van der Waals surface area contributed by atoms with Gasteiger partial charge in [-0.3, -0.25) is 0 Å². The summed E-state index contributed by atoms with van der Waals surface area (Å²) >= 11 is 0. The van der Waals surface area contributed by atoms with Crippen molar-refractivity contribution in [1.82, 2.24) is 10.1 Å². The van der Waals surface area contributed by atoms with Crippen molar-refractivity contribution in [1.29, 1.82) is 0 Å². The Morgan fingerprint density at radius 1 is 1.04 bits per heavy atom. The van der Waals surface area contributed by atoms with E-state index in [0.717, 1.165) is 37.1 Å². The second-order valence-electron chi connectivity index (χ2n) is 6.18. The van der Waals surface area contributed by atoms with E-state index in [4.69, 9.17) is 10.3 Å². The van der Waals surface area contributed by atoms with Gasteiger partial charge >= 0.3 is 0 Å².